The summed E-state index contributed by atoms with van der Waals surface area (Å²) in [5.41, 5.74) is 0. The minimum atomic E-state index is 0.0922. The monoisotopic (exact) mass is 188 g/mol. The molecule has 3 nitrogen and oxygen atoms in total. The first-order valence-electron chi connectivity index (χ1n) is 4.51. The van der Waals surface area contributed by atoms with Crippen LogP contribution in [0.3, 0.4) is 0 Å². The second-order valence-electron chi connectivity index (χ2n) is 2.30. The average molecular weight is 188 g/mol. The maximum atomic E-state index is 8.34. The van der Waals surface area contributed by atoms with E-state index in [2.05, 4.69) is 19.8 Å². The average Bonchev–Trinajstić information content (AvgIpc) is 2.20. The summed E-state index contributed by atoms with van der Waals surface area (Å²) in [5.74, 6) is 0. The van der Waals surface area contributed by atoms with Crippen molar-refractivity contribution in [1.82, 2.24) is 0 Å². The zero-order valence-electron chi connectivity index (χ0n) is 8.37. The first-order chi connectivity index (χ1) is 6.41. The first kappa shape index (κ1) is 14.9. The molecule has 0 aliphatic carbocycles. The molecule has 0 saturated heterocycles. The van der Waals surface area contributed by atoms with Crippen molar-refractivity contribution >= 4 is 0 Å². The summed E-state index contributed by atoms with van der Waals surface area (Å²) in [6.07, 6.45) is 10.3. The normalized spacial score (nSPS) is 8.92. The molecular weight excluding hydrogens is 168 g/mol. The van der Waals surface area contributed by atoms with Gasteiger partial charge in [-0.1, -0.05) is 13.3 Å². The minimum Gasteiger partial charge on any atom is -0.394 e. The number of ether oxygens (including phenoxy) is 2. The highest BCUT2D eigenvalue weighted by atomic mass is 16.5. The van der Waals surface area contributed by atoms with Crippen molar-refractivity contribution in [3.05, 3.63) is 0 Å². The smallest absolute Gasteiger partial charge is 0.0701 e. The van der Waals surface area contributed by atoms with Crippen molar-refractivity contribution in [2.75, 3.05) is 33.0 Å². The van der Waals surface area contributed by atoms with Crippen LogP contribution in [-0.2, 0) is 9.47 Å². The fourth-order valence-corrected chi connectivity index (χ4v) is 0.633. The zero-order chi connectivity index (χ0) is 10.4. The van der Waals surface area contributed by atoms with Crippen molar-refractivity contribution in [2.24, 2.45) is 0 Å². The predicted molar refractivity (Wildman–Crippen MR) is 53.5 cm³/mol. The third-order valence-corrected chi connectivity index (χ3v) is 1.25. The van der Waals surface area contributed by atoms with Gasteiger partial charge >= 0.3 is 0 Å². The summed E-state index contributed by atoms with van der Waals surface area (Å²) in [7, 11) is 0. The van der Waals surface area contributed by atoms with Gasteiger partial charge in [-0.15, -0.1) is 12.8 Å². The van der Waals surface area contributed by atoms with Gasteiger partial charge in [-0.3, -0.25) is 0 Å². The van der Waals surface area contributed by atoms with Gasteiger partial charge in [-0.25, -0.2) is 0 Å². The van der Waals surface area contributed by atoms with Crippen molar-refractivity contribution < 1.29 is 14.6 Å². The third-order valence-electron chi connectivity index (χ3n) is 1.25. The number of terminal acetylenes is 1. The quantitative estimate of drug-likeness (QED) is 0.457. The van der Waals surface area contributed by atoms with Gasteiger partial charge in [0.2, 0.25) is 0 Å². The second kappa shape index (κ2) is 17.5. The Bertz CT molecular complexity index is 83.4. The Morgan fingerprint density at radius 2 is 1.54 bits per heavy atom. The van der Waals surface area contributed by atoms with Crippen LogP contribution in [0.2, 0.25) is 0 Å². The lowest BCUT2D eigenvalue weighted by Crippen LogP contribution is -2.07. The van der Waals surface area contributed by atoms with Crippen LogP contribution in [0, 0.1) is 12.8 Å². The Morgan fingerprint density at radius 3 is 2.00 bits per heavy atom. The summed E-state index contributed by atoms with van der Waals surface area (Å²) in [4.78, 5) is 0. The van der Waals surface area contributed by atoms with Crippen LogP contribution in [0.25, 0.3) is 0 Å². The van der Waals surface area contributed by atoms with Gasteiger partial charge in [0.15, 0.2) is 0 Å². The molecule has 0 unspecified atom stereocenters. The second-order valence-corrected chi connectivity index (χ2v) is 2.30. The standard InChI is InChI=1S/C8H18O3.C2H2/c1-2-3-5-10-7-8-11-6-4-9;1-2/h9H,2-8H2,1H3;1-2H. The van der Waals surface area contributed by atoms with E-state index in [1.54, 1.807) is 0 Å². The van der Waals surface area contributed by atoms with E-state index in [-0.39, 0.29) is 6.61 Å². The molecule has 0 amide bonds. The lowest BCUT2D eigenvalue weighted by molar-refractivity contribution is 0.0324. The van der Waals surface area contributed by atoms with Crippen LogP contribution >= 0.6 is 0 Å². The van der Waals surface area contributed by atoms with Crippen LogP contribution in [0.1, 0.15) is 19.8 Å². The molecular formula is C10H20O3. The van der Waals surface area contributed by atoms with E-state index in [0.717, 1.165) is 19.4 Å². The Morgan fingerprint density at radius 1 is 1.00 bits per heavy atom. The summed E-state index contributed by atoms with van der Waals surface area (Å²) in [6, 6.07) is 0. The highest BCUT2D eigenvalue weighted by Crippen LogP contribution is 1.87. The molecule has 1 N–H and O–H groups in total. The maximum Gasteiger partial charge on any atom is 0.0701 e. The number of aliphatic hydroxyl groups excluding tert-OH is 1. The molecule has 0 atom stereocenters. The molecule has 0 aliphatic heterocycles. The van der Waals surface area contributed by atoms with Gasteiger partial charge < -0.3 is 14.6 Å². The van der Waals surface area contributed by atoms with Crippen LogP contribution in [0.4, 0.5) is 0 Å². The van der Waals surface area contributed by atoms with E-state index in [1.165, 1.54) is 0 Å². The molecule has 78 valence electrons. The molecule has 0 fully saturated rings. The molecule has 0 aromatic heterocycles. The molecule has 0 aromatic carbocycles. The number of rotatable bonds is 8. The Hall–Kier alpha value is -0.560. The summed E-state index contributed by atoms with van der Waals surface area (Å²) in [6.45, 7) is 4.68. The molecule has 0 radical (unpaired) electrons. The zero-order valence-corrected chi connectivity index (χ0v) is 8.37. The fraction of sp³-hybridized carbons (Fsp3) is 0.800. The molecule has 0 heterocycles. The summed E-state index contributed by atoms with van der Waals surface area (Å²) < 4.78 is 10.2. The molecule has 0 spiro atoms. The SMILES string of the molecule is C#C.CCCCOCCOCCO. The van der Waals surface area contributed by atoms with Crippen molar-refractivity contribution in [3.63, 3.8) is 0 Å². The molecule has 0 aromatic rings. The van der Waals surface area contributed by atoms with Gasteiger partial charge in [-0.05, 0) is 6.42 Å². The Kier molecular flexibility index (Phi) is 20.1. The molecule has 0 aliphatic rings. The van der Waals surface area contributed by atoms with E-state index >= 15 is 0 Å². The minimum absolute atomic E-state index is 0.0922. The first-order valence-corrected chi connectivity index (χ1v) is 4.51. The van der Waals surface area contributed by atoms with Gasteiger partial charge in [0.05, 0.1) is 26.4 Å². The number of aliphatic hydroxyl groups is 1. The van der Waals surface area contributed by atoms with Crippen LogP contribution < -0.4 is 0 Å². The van der Waals surface area contributed by atoms with Gasteiger partial charge in [0.1, 0.15) is 0 Å². The number of hydrogen-bond donors (Lipinski definition) is 1. The lowest BCUT2D eigenvalue weighted by atomic mass is 10.4. The highest BCUT2D eigenvalue weighted by Gasteiger charge is 1.87. The lowest BCUT2D eigenvalue weighted by Gasteiger charge is -2.02. The van der Waals surface area contributed by atoms with Gasteiger partial charge in [0.25, 0.3) is 0 Å². The van der Waals surface area contributed by atoms with E-state index in [0.29, 0.717) is 19.8 Å². The largest absolute Gasteiger partial charge is 0.394 e. The maximum absolute atomic E-state index is 8.34. The Balaban J connectivity index is 0. The van der Waals surface area contributed by atoms with Crippen molar-refractivity contribution in [2.45, 2.75) is 19.8 Å². The predicted octanol–water partition coefficient (Wildman–Crippen LogP) is 1.06. The van der Waals surface area contributed by atoms with E-state index in [1.807, 2.05) is 0 Å². The van der Waals surface area contributed by atoms with Gasteiger partial charge in [0, 0.05) is 6.61 Å². The topological polar surface area (TPSA) is 38.7 Å². The molecule has 0 bridgehead atoms. The van der Waals surface area contributed by atoms with Crippen LogP contribution in [0.15, 0.2) is 0 Å². The van der Waals surface area contributed by atoms with Crippen molar-refractivity contribution in [1.29, 1.82) is 0 Å². The van der Waals surface area contributed by atoms with Crippen molar-refractivity contribution in [3.8, 4) is 12.8 Å². The van der Waals surface area contributed by atoms with E-state index in [4.69, 9.17) is 14.6 Å². The number of hydrogen-bond acceptors (Lipinski definition) is 3. The molecule has 0 saturated carbocycles. The van der Waals surface area contributed by atoms with Crippen LogP contribution in [-0.4, -0.2) is 38.1 Å². The number of unbranched alkanes of at least 4 members (excludes halogenated alkanes) is 1. The van der Waals surface area contributed by atoms with Gasteiger partial charge in [-0.2, -0.15) is 0 Å². The van der Waals surface area contributed by atoms with Crippen LogP contribution in [0.5, 0.6) is 0 Å². The summed E-state index contributed by atoms with van der Waals surface area (Å²) >= 11 is 0. The third kappa shape index (κ3) is 18.4. The van der Waals surface area contributed by atoms with E-state index in [9.17, 15) is 0 Å². The summed E-state index contributed by atoms with van der Waals surface area (Å²) in [5, 5.41) is 8.34. The highest BCUT2D eigenvalue weighted by molar-refractivity contribution is 4.47. The molecule has 3 heteroatoms. The van der Waals surface area contributed by atoms with E-state index < -0.39 is 0 Å². The molecule has 0 rings (SSSR count). The fourth-order valence-electron chi connectivity index (χ4n) is 0.633. The molecule has 13 heavy (non-hydrogen) atoms. The Labute approximate surface area is 81.1 Å².